The number of rotatable bonds is 3. The number of hydrogen-bond donors (Lipinski definition) is 0. The summed E-state index contributed by atoms with van der Waals surface area (Å²) in [5.41, 5.74) is 2.21. The fraction of sp³-hybridized carbons (Fsp3) is 0.294. The lowest BCUT2D eigenvalue weighted by Gasteiger charge is -2.18. The van der Waals surface area contributed by atoms with Gasteiger partial charge in [0.15, 0.2) is 11.5 Å². The van der Waals surface area contributed by atoms with Crippen LogP contribution in [-0.2, 0) is 13.0 Å². The molecule has 0 aromatic heterocycles. The molecule has 1 aliphatic heterocycles. The van der Waals surface area contributed by atoms with Crippen LogP contribution in [0.25, 0.3) is 0 Å². The van der Waals surface area contributed by atoms with E-state index in [1.165, 1.54) is 5.56 Å². The molecule has 0 spiro atoms. The highest BCUT2D eigenvalue weighted by Gasteiger charge is 2.32. The van der Waals surface area contributed by atoms with Gasteiger partial charge in [-0.15, -0.1) is 0 Å². The van der Waals surface area contributed by atoms with E-state index in [0.717, 1.165) is 28.0 Å². The molecule has 2 aromatic carbocycles. The van der Waals surface area contributed by atoms with Gasteiger partial charge in [0.25, 0.3) is 0 Å². The zero-order chi connectivity index (χ0) is 14.2. The Balaban J connectivity index is 1.80. The molecule has 0 amide bonds. The molecular formula is C17H17BrO2. The molecule has 3 heteroatoms. The Morgan fingerprint density at radius 1 is 1.15 bits per heavy atom. The van der Waals surface area contributed by atoms with E-state index in [2.05, 4.69) is 41.9 Å². The first-order valence-electron chi connectivity index (χ1n) is 6.72. The Morgan fingerprint density at radius 3 is 2.75 bits per heavy atom. The number of ether oxygens (including phenoxy) is 2. The maximum atomic E-state index is 6.01. The Hall–Kier alpha value is -1.48. The van der Waals surface area contributed by atoms with Crippen molar-refractivity contribution in [3.63, 3.8) is 0 Å². The smallest absolute Gasteiger partial charge is 0.165 e. The van der Waals surface area contributed by atoms with Crippen LogP contribution in [0.3, 0.4) is 0 Å². The first-order valence-corrected chi connectivity index (χ1v) is 7.52. The second-order valence-electron chi connectivity index (χ2n) is 5.66. The number of para-hydroxylation sites is 1. The van der Waals surface area contributed by atoms with Crippen molar-refractivity contribution >= 4 is 15.9 Å². The van der Waals surface area contributed by atoms with Gasteiger partial charge in [0, 0.05) is 22.0 Å². The summed E-state index contributed by atoms with van der Waals surface area (Å²) in [6, 6.07) is 14.2. The summed E-state index contributed by atoms with van der Waals surface area (Å²) in [5.74, 6) is 1.72. The average molecular weight is 333 g/mol. The first-order chi connectivity index (χ1) is 9.55. The molecular weight excluding hydrogens is 316 g/mol. The predicted molar refractivity (Wildman–Crippen MR) is 83.3 cm³/mol. The number of benzene rings is 2. The molecule has 20 heavy (non-hydrogen) atoms. The highest BCUT2D eigenvalue weighted by atomic mass is 79.9. The molecule has 0 radical (unpaired) electrons. The van der Waals surface area contributed by atoms with Gasteiger partial charge in [-0.2, -0.15) is 0 Å². The third kappa shape index (κ3) is 2.68. The highest BCUT2D eigenvalue weighted by molar-refractivity contribution is 9.10. The molecule has 0 unspecified atom stereocenters. The first kappa shape index (κ1) is 13.5. The molecule has 0 aliphatic carbocycles. The Labute approximate surface area is 127 Å². The van der Waals surface area contributed by atoms with Gasteiger partial charge in [-0.05, 0) is 26.0 Å². The van der Waals surface area contributed by atoms with Crippen molar-refractivity contribution in [1.82, 2.24) is 0 Å². The minimum Gasteiger partial charge on any atom is -0.485 e. The summed E-state index contributed by atoms with van der Waals surface area (Å²) < 4.78 is 13.0. The molecule has 2 nitrogen and oxygen atoms in total. The lowest BCUT2D eigenvalue weighted by Crippen LogP contribution is -2.24. The van der Waals surface area contributed by atoms with Crippen LogP contribution in [0.1, 0.15) is 25.0 Å². The van der Waals surface area contributed by atoms with Crippen molar-refractivity contribution in [2.24, 2.45) is 0 Å². The Kier molecular flexibility index (Phi) is 3.47. The van der Waals surface area contributed by atoms with E-state index < -0.39 is 0 Å². The molecule has 1 aliphatic rings. The highest BCUT2D eigenvalue weighted by Crippen LogP contribution is 2.42. The normalized spacial score (nSPS) is 15.6. The fourth-order valence-electron chi connectivity index (χ4n) is 2.47. The second kappa shape index (κ2) is 5.13. The van der Waals surface area contributed by atoms with Crippen molar-refractivity contribution in [1.29, 1.82) is 0 Å². The van der Waals surface area contributed by atoms with Gasteiger partial charge < -0.3 is 9.47 Å². The van der Waals surface area contributed by atoms with Gasteiger partial charge >= 0.3 is 0 Å². The summed E-state index contributed by atoms with van der Waals surface area (Å²) in [6.45, 7) is 4.73. The molecule has 0 fully saturated rings. The van der Waals surface area contributed by atoms with Crippen LogP contribution < -0.4 is 9.47 Å². The Bertz CT molecular complexity index is 635. The van der Waals surface area contributed by atoms with E-state index >= 15 is 0 Å². The van der Waals surface area contributed by atoms with E-state index in [9.17, 15) is 0 Å². The molecule has 2 aromatic rings. The summed E-state index contributed by atoms with van der Waals surface area (Å²) in [7, 11) is 0. The van der Waals surface area contributed by atoms with Crippen molar-refractivity contribution in [2.45, 2.75) is 32.5 Å². The SMILES string of the molecule is CC1(C)Cc2cccc(OCc3ccccc3Br)c2O1. The van der Waals surface area contributed by atoms with Gasteiger partial charge in [-0.25, -0.2) is 0 Å². The van der Waals surface area contributed by atoms with Gasteiger partial charge in [0.05, 0.1) is 0 Å². The van der Waals surface area contributed by atoms with Gasteiger partial charge in [0.1, 0.15) is 12.2 Å². The van der Waals surface area contributed by atoms with Crippen LogP contribution in [0.5, 0.6) is 11.5 Å². The van der Waals surface area contributed by atoms with Crippen LogP contribution in [0, 0.1) is 0 Å². The summed E-state index contributed by atoms with van der Waals surface area (Å²) in [4.78, 5) is 0. The Morgan fingerprint density at radius 2 is 1.95 bits per heavy atom. The van der Waals surface area contributed by atoms with Gasteiger partial charge in [-0.3, -0.25) is 0 Å². The number of halogens is 1. The summed E-state index contributed by atoms with van der Waals surface area (Å²) in [5, 5.41) is 0. The van der Waals surface area contributed by atoms with Gasteiger partial charge in [0.2, 0.25) is 0 Å². The second-order valence-corrected chi connectivity index (χ2v) is 6.52. The maximum absolute atomic E-state index is 6.01. The minimum atomic E-state index is -0.144. The van der Waals surface area contributed by atoms with Crippen molar-refractivity contribution in [2.75, 3.05) is 0 Å². The summed E-state index contributed by atoms with van der Waals surface area (Å²) in [6.07, 6.45) is 0.925. The van der Waals surface area contributed by atoms with Crippen LogP contribution in [0.4, 0.5) is 0 Å². The fourth-order valence-corrected chi connectivity index (χ4v) is 2.87. The zero-order valence-corrected chi connectivity index (χ0v) is 13.2. The van der Waals surface area contributed by atoms with E-state index in [-0.39, 0.29) is 5.60 Å². The topological polar surface area (TPSA) is 18.5 Å². The molecule has 0 N–H and O–H groups in total. The molecule has 1 heterocycles. The monoisotopic (exact) mass is 332 g/mol. The van der Waals surface area contributed by atoms with Crippen LogP contribution in [-0.4, -0.2) is 5.60 Å². The molecule has 0 bridgehead atoms. The third-order valence-electron chi connectivity index (χ3n) is 3.40. The number of hydrogen-bond acceptors (Lipinski definition) is 2. The number of fused-ring (bicyclic) bond motifs is 1. The predicted octanol–water partition coefficient (Wildman–Crippen LogP) is 4.74. The van der Waals surface area contributed by atoms with E-state index in [4.69, 9.17) is 9.47 Å². The quantitative estimate of drug-likeness (QED) is 0.808. The molecule has 104 valence electrons. The van der Waals surface area contributed by atoms with Crippen molar-refractivity contribution in [3.8, 4) is 11.5 Å². The molecule has 0 saturated carbocycles. The lowest BCUT2D eigenvalue weighted by molar-refractivity contribution is 0.131. The van der Waals surface area contributed by atoms with Crippen molar-refractivity contribution in [3.05, 3.63) is 58.1 Å². The maximum Gasteiger partial charge on any atom is 0.165 e. The zero-order valence-electron chi connectivity index (χ0n) is 11.7. The molecule has 0 atom stereocenters. The van der Waals surface area contributed by atoms with Crippen LogP contribution in [0.2, 0.25) is 0 Å². The standard InChI is InChI=1S/C17H17BrO2/c1-17(2)10-12-7-5-9-15(16(12)20-17)19-11-13-6-3-4-8-14(13)18/h3-9H,10-11H2,1-2H3. The van der Waals surface area contributed by atoms with E-state index in [1.54, 1.807) is 0 Å². The van der Waals surface area contributed by atoms with E-state index in [1.807, 2.05) is 30.3 Å². The minimum absolute atomic E-state index is 0.144. The van der Waals surface area contributed by atoms with E-state index in [0.29, 0.717) is 6.61 Å². The average Bonchev–Trinajstić information content (AvgIpc) is 2.72. The third-order valence-corrected chi connectivity index (χ3v) is 4.17. The molecule has 3 rings (SSSR count). The van der Waals surface area contributed by atoms with Crippen LogP contribution >= 0.6 is 15.9 Å². The van der Waals surface area contributed by atoms with Gasteiger partial charge in [-0.1, -0.05) is 46.3 Å². The summed E-state index contributed by atoms with van der Waals surface area (Å²) >= 11 is 3.54. The largest absolute Gasteiger partial charge is 0.485 e. The van der Waals surface area contributed by atoms with Crippen molar-refractivity contribution < 1.29 is 9.47 Å². The van der Waals surface area contributed by atoms with Crippen LogP contribution in [0.15, 0.2) is 46.9 Å². The molecule has 0 saturated heterocycles. The lowest BCUT2D eigenvalue weighted by atomic mass is 10.0.